The van der Waals surface area contributed by atoms with Crippen molar-refractivity contribution in [3.05, 3.63) is 89.1 Å². The molecule has 2 atom stereocenters. The van der Waals surface area contributed by atoms with Crippen LogP contribution in [0.1, 0.15) is 43.7 Å². The first-order valence-electron chi connectivity index (χ1n) is 12.5. The highest BCUT2D eigenvalue weighted by atomic mass is 19.1. The Bertz CT molecular complexity index is 1430. The van der Waals surface area contributed by atoms with E-state index in [1.165, 1.54) is 31.2 Å². The molecule has 0 spiro atoms. The van der Waals surface area contributed by atoms with Crippen LogP contribution in [0.15, 0.2) is 72.1 Å². The number of nitrogens with zero attached hydrogens (tertiary/aromatic N) is 1. The Kier molecular flexibility index (Phi) is 8.56. The van der Waals surface area contributed by atoms with Gasteiger partial charge in [-0.2, -0.15) is 5.26 Å². The van der Waals surface area contributed by atoms with Crippen LogP contribution in [0.2, 0.25) is 0 Å². The predicted octanol–water partition coefficient (Wildman–Crippen LogP) is 5.60. The second kappa shape index (κ2) is 12.2. The largest absolute Gasteiger partial charge is 0.493 e. The Morgan fingerprint density at radius 2 is 1.92 bits per heavy atom. The van der Waals surface area contributed by atoms with E-state index >= 15 is 0 Å². The second-order valence-corrected chi connectivity index (χ2v) is 8.85. The molecule has 0 saturated carbocycles. The Morgan fingerprint density at radius 3 is 2.64 bits per heavy atom. The van der Waals surface area contributed by atoms with E-state index in [4.69, 9.17) is 29.4 Å². The van der Waals surface area contributed by atoms with Gasteiger partial charge in [0.15, 0.2) is 29.2 Å². The summed E-state index contributed by atoms with van der Waals surface area (Å²) >= 11 is 0. The van der Waals surface area contributed by atoms with Crippen molar-refractivity contribution in [2.24, 2.45) is 5.73 Å². The molecule has 2 unspecified atom stereocenters. The molecule has 0 amide bonds. The topological polar surface area (TPSA) is 113 Å². The van der Waals surface area contributed by atoms with Gasteiger partial charge in [-0.1, -0.05) is 37.6 Å². The zero-order chi connectivity index (χ0) is 27.9. The molecule has 0 aromatic heterocycles. The highest BCUT2D eigenvalue weighted by molar-refractivity contribution is 5.77. The van der Waals surface area contributed by atoms with Crippen molar-refractivity contribution in [2.45, 2.75) is 38.7 Å². The van der Waals surface area contributed by atoms with E-state index in [0.29, 0.717) is 29.4 Å². The molecule has 1 aliphatic heterocycles. The third-order valence-corrected chi connectivity index (χ3v) is 6.16. The average molecular weight is 533 g/mol. The summed E-state index contributed by atoms with van der Waals surface area (Å²) in [6.45, 7) is 4.11. The predicted molar refractivity (Wildman–Crippen MR) is 141 cm³/mol. The summed E-state index contributed by atoms with van der Waals surface area (Å²) in [5, 5.41) is 9.88. The van der Waals surface area contributed by atoms with E-state index in [1.54, 1.807) is 37.4 Å². The lowest BCUT2D eigenvalue weighted by atomic mass is 9.83. The highest BCUT2D eigenvalue weighted by Gasteiger charge is 2.32. The van der Waals surface area contributed by atoms with Gasteiger partial charge in [-0.3, -0.25) is 0 Å². The standard InChI is InChI=1S/C30H29FN2O6/c1-4-5-14-36-25-13-10-19(15-27(25)35-3)28-21-12-11-20(16-26(21)39-29(33)22(28)17-32)38-30(34)18(2)37-24-9-7-6-8-23(24)31/h6-13,15-16,18,28H,4-5,14,33H2,1-3H3. The monoisotopic (exact) mass is 532 g/mol. The summed E-state index contributed by atoms with van der Waals surface area (Å²) in [7, 11) is 1.55. The molecule has 39 heavy (non-hydrogen) atoms. The molecule has 1 heterocycles. The number of halogens is 1. The van der Waals surface area contributed by atoms with Gasteiger partial charge in [0.2, 0.25) is 5.88 Å². The lowest BCUT2D eigenvalue weighted by Gasteiger charge is -2.27. The van der Waals surface area contributed by atoms with Crippen molar-refractivity contribution >= 4 is 5.97 Å². The first kappa shape index (κ1) is 27.3. The van der Waals surface area contributed by atoms with Crippen molar-refractivity contribution in [3.63, 3.8) is 0 Å². The summed E-state index contributed by atoms with van der Waals surface area (Å²) in [6.07, 6.45) is 0.841. The number of carbonyl (C=O) groups excluding carboxylic acids is 1. The van der Waals surface area contributed by atoms with Crippen LogP contribution in [0.4, 0.5) is 4.39 Å². The minimum atomic E-state index is -1.08. The molecule has 202 valence electrons. The number of hydrogen-bond acceptors (Lipinski definition) is 8. The van der Waals surface area contributed by atoms with E-state index in [1.807, 2.05) is 6.07 Å². The molecule has 3 aromatic carbocycles. The number of allylic oxidation sites excluding steroid dienone is 1. The fraction of sp³-hybridized carbons (Fsp3) is 0.267. The summed E-state index contributed by atoms with van der Waals surface area (Å²) in [5.41, 5.74) is 7.76. The Balaban J connectivity index is 1.59. The minimum absolute atomic E-state index is 0.0577. The van der Waals surface area contributed by atoms with E-state index in [0.717, 1.165) is 18.4 Å². The lowest BCUT2D eigenvalue weighted by Crippen LogP contribution is -2.29. The number of benzene rings is 3. The third-order valence-electron chi connectivity index (χ3n) is 6.16. The van der Waals surface area contributed by atoms with E-state index in [9.17, 15) is 14.4 Å². The van der Waals surface area contributed by atoms with Crippen molar-refractivity contribution < 1.29 is 32.9 Å². The van der Waals surface area contributed by atoms with Crippen molar-refractivity contribution in [1.82, 2.24) is 0 Å². The molecule has 0 bridgehead atoms. The number of nitrogens with two attached hydrogens (primary N) is 1. The van der Waals surface area contributed by atoms with Gasteiger partial charge in [0, 0.05) is 11.6 Å². The smallest absolute Gasteiger partial charge is 0.352 e. The maximum Gasteiger partial charge on any atom is 0.352 e. The number of para-hydroxylation sites is 1. The first-order valence-corrected chi connectivity index (χ1v) is 12.5. The van der Waals surface area contributed by atoms with Gasteiger partial charge < -0.3 is 29.4 Å². The van der Waals surface area contributed by atoms with Gasteiger partial charge in [0.25, 0.3) is 0 Å². The zero-order valence-corrected chi connectivity index (χ0v) is 21.9. The molecule has 9 heteroatoms. The van der Waals surface area contributed by atoms with Crippen molar-refractivity contribution in [2.75, 3.05) is 13.7 Å². The molecule has 4 rings (SSSR count). The SMILES string of the molecule is CCCCOc1ccc(C2C(C#N)=C(N)Oc3cc(OC(=O)C(C)Oc4ccccc4F)ccc32)cc1OC. The summed E-state index contributed by atoms with van der Waals surface area (Å²) in [5.74, 6) is -0.347. The molecule has 1 aliphatic rings. The van der Waals surface area contributed by atoms with Crippen LogP contribution < -0.4 is 29.4 Å². The normalized spacial score (nSPS) is 14.9. The number of fused-ring (bicyclic) bond motifs is 1. The van der Waals surface area contributed by atoms with Crippen molar-refractivity contribution in [1.29, 1.82) is 5.26 Å². The molecule has 0 aliphatic carbocycles. The zero-order valence-electron chi connectivity index (χ0n) is 21.9. The molecular formula is C30H29FN2O6. The van der Waals surface area contributed by atoms with Gasteiger partial charge in [-0.15, -0.1) is 0 Å². The number of nitriles is 1. The molecule has 0 radical (unpaired) electrons. The van der Waals surface area contributed by atoms with Gasteiger partial charge in [-0.05, 0) is 49.2 Å². The number of carbonyl (C=O) groups is 1. The lowest BCUT2D eigenvalue weighted by molar-refractivity contribution is -0.141. The van der Waals surface area contributed by atoms with Gasteiger partial charge in [0.1, 0.15) is 23.1 Å². The van der Waals surface area contributed by atoms with E-state index in [-0.39, 0.29) is 23.0 Å². The van der Waals surface area contributed by atoms with Crippen LogP contribution in [-0.2, 0) is 4.79 Å². The van der Waals surface area contributed by atoms with Crippen LogP contribution >= 0.6 is 0 Å². The second-order valence-electron chi connectivity index (χ2n) is 8.85. The molecular weight excluding hydrogens is 503 g/mol. The number of hydrogen-bond donors (Lipinski definition) is 1. The molecule has 0 fully saturated rings. The number of esters is 1. The van der Waals surface area contributed by atoms with Gasteiger partial charge >= 0.3 is 5.97 Å². The van der Waals surface area contributed by atoms with Gasteiger partial charge in [0.05, 0.1) is 19.6 Å². The van der Waals surface area contributed by atoms with Crippen LogP contribution in [-0.4, -0.2) is 25.8 Å². The Hall–Kier alpha value is -4.71. The third kappa shape index (κ3) is 6.07. The maximum absolute atomic E-state index is 13.9. The number of rotatable bonds is 10. The number of unbranched alkanes of at least 4 members (excludes halogenated alkanes) is 1. The minimum Gasteiger partial charge on any atom is -0.493 e. The molecule has 3 aromatic rings. The fourth-order valence-corrected chi connectivity index (χ4v) is 4.13. The Labute approximate surface area is 226 Å². The van der Waals surface area contributed by atoms with Gasteiger partial charge in [-0.25, -0.2) is 9.18 Å². The summed E-state index contributed by atoms with van der Waals surface area (Å²) in [4.78, 5) is 12.6. The van der Waals surface area contributed by atoms with Crippen molar-refractivity contribution in [3.8, 4) is 34.8 Å². The van der Waals surface area contributed by atoms with E-state index < -0.39 is 23.8 Å². The Morgan fingerprint density at radius 1 is 1.13 bits per heavy atom. The molecule has 0 saturated heterocycles. The van der Waals surface area contributed by atoms with Crippen LogP contribution in [0.3, 0.4) is 0 Å². The average Bonchev–Trinajstić information content (AvgIpc) is 2.93. The molecule has 2 N–H and O–H groups in total. The highest BCUT2D eigenvalue weighted by Crippen LogP contribution is 2.45. The quantitative estimate of drug-likeness (QED) is 0.204. The van der Waals surface area contributed by atoms with E-state index in [2.05, 4.69) is 13.0 Å². The summed E-state index contributed by atoms with van der Waals surface area (Å²) in [6, 6.07) is 18.2. The fourth-order valence-electron chi connectivity index (χ4n) is 4.13. The first-order chi connectivity index (χ1) is 18.9. The van der Waals surface area contributed by atoms with Crippen LogP contribution in [0, 0.1) is 17.1 Å². The maximum atomic E-state index is 13.9. The van der Waals surface area contributed by atoms with Crippen LogP contribution in [0.25, 0.3) is 0 Å². The summed E-state index contributed by atoms with van der Waals surface area (Å²) < 4.78 is 41.9. The number of ether oxygens (including phenoxy) is 5. The molecule has 8 nitrogen and oxygen atoms in total. The number of methoxy groups -OCH3 is 1. The van der Waals surface area contributed by atoms with Crippen LogP contribution in [0.5, 0.6) is 28.7 Å².